The Morgan fingerprint density at radius 3 is 2.43 bits per heavy atom. The number of halogens is 5. The third-order valence-corrected chi connectivity index (χ3v) is 8.13. The molecule has 1 heterocycles. The molecule has 6 rings (SSSR count). The van der Waals surface area contributed by atoms with Gasteiger partial charge in [0.25, 0.3) is 0 Å². The van der Waals surface area contributed by atoms with Crippen LogP contribution in [0.5, 0.6) is 5.75 Å². The summed E-state index contributed by atoms with van der Waals surface area (Å²) in [6.07, 6.45) is -0.734. The van der Waals surface area contributed by atoms with Crippen LogP contribution in [-0.2, 0) is 16.8 Å². The number of ether oxygens (including phenoxy) is 1. The fraction of sp³-hybridized carbons (Fsp3) is 0.323. The van der Waals surface area contributed by atoms with Gasteiger partial charge < -0.3 is 20.2 Å². The molecule has 5 atom stereocenters. The standard InChI is InChI=1S/C31H28ClF4N3O3/c32-23-13-14-26(37-17-23)30(16-19-5-2-1-3-6-19,22-7-4-8-24(15-22)42-31(35,36)28(33)34)39-29(41)38-27-21-11-9-20(10-12-21)25(27)18-40/h1-9,11,13-15,17-18,20-21,25,27-28H,10,12,16H2,(H2,38,39,41)/t20?,21?,25-,27+,30-/m0/s1. The van der Waals surface area contributed by atoms with E-state index in [0.29, 0.717) is 10.7 Å². The van der Waals surface area contributed by atoms with Gasteiger partial charge in [-0.1, -0.05) is 66.2 Å². The number of pyridine rings is 1. The Hall–Kier alpha value is -3.92. The Bertz CT molecular complexity index is 1440. The summed E-state index contributed by atoms with van der Waals surface area (Å²) >= 11 is 6.12. The van der Waals surface area contributed by atoms with E-state index in [-0.39, 0.29) is 23.8 Å². The molecule has 3 aromatic rings. The van der Waals surface area contributed by atoms with Crippen LogP contribution in [0.25, 0.3) is 0 Å². The first-order chi connectivity index (χ1) is 20.1. The van der Waals surface area contributed by atoms with Crippen LogP contribution in [0.15, 0.2) is 85.1 Å². The van der Waals surface area contributed by atoms with Gasteiger partial charge in [0.05, 0.1) is 10.7 Å². The maximum Gasteiger partial charge on any atom is 0.461 e. The van der Waals surface area contributed by atoms with Crippen molar-refractivity contribution in [3.05, 3.63) is 107 Å². The lowest BCUT2D eigenvalue weighted by Crippen LogP contribution is -2.59. The zero-order valence-electron chi connectivity index (χ0n) is 22.2. The van der Waals surface area contributed by atoms with Crippen LogP contribution in [0.1, 0.15) is 29.7 Å². The second-order valence-corrected chi connectivity index (χ2v) is 11.0. The van der Waals surface area contributed by atoms with Crippen LogP contribution in [0.4, 0.5) is 22.4 Å². The van der Waals surface area contributed by atoms with Crippen LogP contribution in [0, 0.1) is 17.8 Å². The van der Waals surface area contributed by atoms with Crippen molar-refractivity contribution < 1.29 is 31.9 Å². The number of carbonyl (C=O) groups excluding carboxylic acids is 2. The number of aldehydes is 1. The Kier molecular flexibility index (Phi) is 8.54. The van der Waals surface area contributed by atoms with Crippen molar-refractivity contribution in [3.8, 4) is 5.75 Å². The molecule has 42 heavy (non-hydrogen) atoms. The van der Waals surface area contributed by atoms with Crippen LogP contribution >= 0.6 is 11.6 Å². The lowest BCUT2D eigenvalue weighted by molar-refractivity contribution is -0.253. The first kappa shape index (κ1) is 29.6. The number of aromatic nitrogens is 1. The zero-order chi connectivity index (χ0) is 29.9. The second kappa shape index (κ2) is 12.1. The summed E-state index contributed by atoms with van der Waals surface area (Å²) in [6, 6.07) is 16.4. The van der Waals surface area contributed by atoms with Crippen molar-refractivity contribution in [1.29, 1.82) is 0 Å². The molecular weight excluding hydrogens is 574 g/mol. The summed E-state index contributed by atoms with van der Waals surface area (Å²) < 4.78 is 58.0. The molecule has 0 radical (unpaired) electrons. The van der Waals surface area contributed by atoms with Gasteiger partial charge in [-0.05, 0) is 60.1 Å². The van der Waals surface area contributed by atoms with Gasteiger partial charge >= 0.3 is 18.6 Å². The van der Waals surface area contributed by atoms with E-state index in [1.165, 1.54) is 18.3 Å². The molecular formula is C31H28ClF4N3O3. The SMILES string of the molecule is O=C[C@H]1C2C=CC(CC2)[C@H]1NC(=O)N[C@@](Cc1ccccc1)(c1cccc(OC(F)(F)C(F)F)c1)c1ccc(Cl)cn1. The molecule has 2 unspecified atom stereocenters. The number of alkyl halides is 4. The number of allylic oxidation sites excluding steroid dienone is 1. The molecule has 1 saturated carbocycles. The van der Waals surface area contributed by atoms with Crippen LogP contribution in [-0.4, -0.2) is 35.9 Å². The van der Waals surface area contributed by atoms with Gasteiger partial charge in [-0.3, -0.25) is 4.98 Å². The Labute approximate surface area is 245 Å². The molecule has 0 aliphatic heterocycles. The van der Waals surface area contributed by atoms with Crippen molar-refractivity contribution in [1.82, 2.24) is 15.6 Å². The molecule has 6 nitrogen and oxygen atoms in total. The maximum absolute atomic E-state index is 13.9. The maximum atomic E-state index is 13.9. The van der Waals surface area contributed by atoms with Gasteiger partial charge in [0.2, 0.25) is 0 Å². The predicted octanol–water partition coefficient (Wildman–Crippen LogP) is 6.54. The molecule has 1 aromatic heterocycles. The molecule has 2 amide bonds. The van der Waals surface area contributed by atoms with Crippen molar-refractivity contribution in [2.24, 2.45) is 17.8 Å². The summed E-state index contributed by atoms with van der Waals surface area (Å²) in [6.45, 7) is 0. The first-order valence-electron chi connectivity index (χ1n) is 13.4. The quantitative estimate of drug-likeness (QED) is 0.157. The van der Waals surface area contributed by atoms with Gasteiger partial charge in [-0.2, -0.15) is 17.6 Å². The predicted molar refractivity (Wildman–Crippen MR) is 149 cm³/mol. The highest BCUT2D eigenvalue weighted by molar-refractivity contribution is 6.30. The van der Waals surface area contributed by atoms with Crippen LogP contribution in [0.3, 0.4) is 0 Å². The molecule has 1 fully saturated rings. The third kappa shape index (κ3) is 6.13. The molecule has 2 bridgehead atoms. The van der Waals surface area contributed by atoms with E-state index in [1.54, 1.807) is 30.3 Å². The largest absolute Gasteiger partial charge is 0.461 e. The Balaban J connectivity index is 1.58. The zero-order valence-corrected chi connectivity index (χ0v) is 23.0. The van der Waals surface area contributed by atoms with E-state index in [2.05, 4.69) is 20.4 Å². The fourth-order valence-electron chi connectivity index (χ4n) is 5.88. The van der Waals surface area contributed by atoms with Gasteiger partial charge in [0.1, 0.15) is 17.6 Å². The van der Waals surface area contributed by atoms with Crippen LogP contribution < -0.4 is 15.4 Å². The van der Waals surface area contributed by atoms with Crippen molar-refractivity contribution in [3.63, 3.8) is 0 Å². The molecule has 0 spiro atoms. The molecule has 2 aromatic carbocycles. The lowest BCUT2D eigenvalue weighted by Gasteiger charge is -2.43. The Morgan fingerprint density at radius 1 is 1.05 bits per heavy atom. The first-order valence-corrected chi connectivity index (χ1v) is 13.8. The number of carbonyl (C=O) groups is 2. The van der Waals surface area contributed by atoms with Crippen LogP contribution in [0.2, 0.25) is 5.02 Å². The number of rotatable bonds is 10. The molecule has 3 aliphatic rings. The highest BCUT2D eigenvalue weighted by Crippen LogP contribution is 2.40. The van der Waals surface area contributed by atoms with Crippen molar-refractivity contribution in [2.75, 3.05) is 0 Å². The molecule has 2 N–H and O–H groups in total. The smallest absolute Gasteiger partial charge is 0.428 e. The average molecular weight is 602 g/mol. The van der Waals surface area contributed by atoms with Gasteiger partial charge in [0, 0.05) is 24.6 Å². The minimum Gasteiger partial charge on any atom is -0.428 e. The minimum atomic E-state index is -4.73. The summed E-state index contributed by atoms with van der Waals surface area (Å²) in [5, 5.41) is 6.31. The Morgan fingerprint density at radius 2 is 1.79 bits per heavy atom. The number of nitrogens with one attached hydrogen (secondary N) is 2. The molecule has 3 aliphatic carbocycles. The number of nitrogens with zero attached hydrogens (tertiary/aromatic N) is 1. The summed E-state index contributed by atoms with van der Waals surface area (Å²) in [4.78, 5) is 30.3. The second-order valence-electron chi connectivity index (χ2n) is 10.5. The number of fused-ring (bicyclic) bond motifs is 2. The normalized spacial score (nSPS) is 22.8. The summed E-state index contributed by atoms with van der Waals surface area (Å²) in [7, 11) is 0. The van der Waals surface area contributed by atoms with Crippen molar-refractivity contribution >= 4 is 23.9 Å². The summed E-state index contributed by atoms with van der Waals surface area (Å²) in [5.41, 5.74) is -0.198. The number of benzene rings is 2. The van der Waals surface area contributed by atoms with E-state index in [0.717, 1.165) is 30.8 Å². The number of amides is 2. The molecule has 0 saturated heterocycles. The van der Waals surface area contributed by atoms with Gasteiger partial charge in [-0.25, -0.2) is 4.79 Å². The monoisotopic (exact) mass is 601 g/mol. The van der Waals surface area contributed by atoms with E-state index in [4.69, 9.17) is 11.6 Å². The number of hydrogen-bond donors (Lipinski definition) is 2. The lowest BCUT2D eigenvalue weighted by atomic mass is 9.66. The van der Waals surface area contributed by atoms with Gasteiger partial charge in [0.15, 0.2) is 0 Å². The fourth-order valence-corrected chi connectivity index (χ4v) is 5.99. The van der Waals surface area contributed by atoms with E-state index in [1.807, 2.05) is 30.4 Å². The minimum absolute atomic E-state index is 0.0233. The highest BCUT2D eigenvalue weighted by atomic mass is 35.5. The number of urea groups is 1. The van der Waals surface area contributed by atoms with Gasteiger partial charge in [-0.15, -0.1) is 0 Å². The van der Waals surface area contributed by atoms with E-state index in [9.17, 15) is 27.2 Å². The topological polar surface area (TPSA) is 80.3 Å². The van der Waals surface area contributed by atoms with Crippen molar-refractivity contribution in [2.45, 2.75) is 43.4 Å². The third-order valence-electron chi connectivity index (χ3n) is 7.90. The molecule has 11 heteroatoms. The number of hydrogen-bond acceptors (Lipinski definition) is 4. The van der Waals surface area contributed by atoms with E-state index < -0.39 is 41.8 Å². The molecule has 220 valence electrons. The highest BCUT2D eigenvalue weighted by Gasteiger charge is 2.46. The average Bonchev–Trinajstić information content (AvgIpc) is 2.98. The summed E-state index contributed by atoms with van der Waals surface area (Å²) in [5.74, 6) is -0.927. The van der Waals surface area contributed by atoms with E-state index >= 15 is 0 Å².